The predicted octanol–water partition coefficient (Wildman–Crippen LogP) is 2.41. The number of rotatable bonds is 3. The maximum absolute atomic E-state index is 11.7. The number of amides is 1. The zero-order valence-electron chi connectivity index (χ0n) is 12.3. The zero-order valence-corrected chi connectivity index (χ0v) is 12.3. The Morgan fingerprint density at radius 1 is 1.19 bits per heavy atom. The SMILES string of the molecule is Cc1cccc(C#CC(=O)NCCc2ccccn2)c1C. The highest BCUT2D eigenvalue weighted by molar-refractivity contribution is 5.94. The van der Waals surface area contributed by atoms with E-state index in [1.807, 2.05) is 50.2 Å². The van der Waals surface area contributed by atoms with Crippen molar-refractivity contribution in [2.24, 2.45) is 0 Å². The first kappa shape index (κ1) is 14.8. The predicted molar refractivity (Wildman–Crippen MR) is 83.7 cm³/mol. The monoisotopic (exact) mass is 278 g/mol. The molecule has 0 aliphatic heterocycles. The molecular formula is C18H18N2O. The van der Waals surface area contributed by atoms with Crippen LogP contribution in [0.25, 0.3) is 0 Å². The van der Waals surface area contributed by atoms with Gasteiger partial charge in [-0.15, -0.1) is 0 Å². The van der Waals surface area contributed by atoms with Crippen molar-refractivity contribution in [3.05, 3.63) is 65.0 Å². The lowest BCUT2D eigenvalue weighted by molar-refractivity contribution is -0.115. The molecular weight excluding hydrogens is 260 g/mol. The van der Waals surface area contributed by atoms with Crippen LogP contribution in [0.4, 0.5) is 0 Å². The Kier molecular flexibility index (Phi) is 5.11. The van der Waals surface area contributed by atoms with Crippen molar-refractivity contribution in [2.45, 2.75) is 20.3 Å². The highest BCUT2D eigenvalue weighted by atomic mass is 16.1. The normalized spacial score (nSPS) is 9.62. The molecule has 0 saturated heterocycles. The summed E-state index contributed by atoms with van der Waals surface area (Å²) < 4.78 is 0. The van der Waals surface area contributed by atoms with Crippen LogP contribution in [-0.2, 0) is 11.2 Å². The van der Waals surface area contributed by atoms with Crippen LogP contribution in [0.2, 0.25) is 0 Å². The number of hydrogen-bond acceptors (Lipinski definition) is 2. The molecule has 1 aromatic heterocycles. The van der Waals surface area contributed by atoms with Crippen molar-refractivity contribution in [1.29, 1.82) is 0 Å². The topological polar surface area (TPSA) is 42.0 Å². The van der Waals surface area contributed by atoms with Crippen LogP contribution in [0, 0.1) is 25.7 Å². The molecule has 0 radical (unpaired) electrons. The number of aryl methyl sites for hydroxylation is 1. The second-order valence-corrected chi connectivity index (χ2v) is 4.82. The number of benzene rings is 1. The van der Waals surface area contributed by atoms with E-state index in [1.54, 1.807) is 6.20 Å². The van der Waals surface area contributed by atoms with Gasteiger partial charge in [0.05, 0.1) is 0 Å². The first-order valence-corrected chi connectivity index (χ1v) is 6.93. The van der Waals surface area contributed by atoms with E-state index in [0.717, 1.165) is 16.8 Å². The fourth-order valence-corrected chi connectivity index (χ4v) is 1.90. The van der Waals surface area contributed by atoms with Gasteiger partial charge >= 0.3 is 0 Å². The van der Waals surface area contributed by atoms with Crippen molar-refractivity contribution >= 4 is 5.91 Å². The van der Waals surface area contributed by atoms with Gasteiger partial charge < -0.3 is 5.32 Å². The third-order valence-electron chi connectivity index (χ3n) is 3.31. The molecule has 1 amide bonds. The fourth-order valence-electron chi connectivity index (χ4n) is 1.90. The number of nitrogens with zero attached hydrogens (tertiary/aromatic N) is 1. The van der Waals surface area contributed by atoms with Crippen molar-refractivity contribution < 1.29 is 4.79 Å². The fraction of sp³-hybridized carbons (Fsp3) is 0.222. The van der Waals surface area contributed by atoms with E-state index in [9.17, 15) is 4.79 Å². The molecule has 2 rings (SSSR count). The van der Waals surface area contributed by atoms with Gasteiger partial charge in [0.25, 0.3) is 5.91 Å². The highest BCUT2D eigenvalue weighted by Crippen LogP contribution is 2.10. The molecule has 0 aliphatic carbocycles. The number of carbonyl (C=O) groups is 1. The Bertz CT molecular complexity index is 681. The summed E-state index contributed by atoms with van der Waals surface area (Å²) in [5.74, 6) is 5.30. The van der Waals surface area contributed by atoms with Gasteiger partial charge in [-0.05, 0) is 43.2 Å². The van der Waals surface area contributed by atoms with Crippen molar-refractivity contribution in [2.75, 3.05) is 6.54 Å². The number of pyridine rings is 1. The van der Waals surface area contributed by atoms with Crippen LogP contribution in [0.5, 0.6) is 0 Å². The molecule has 1 N–H and O–H groups in total. The first-order chi connectivity index (χ1) is 10.2. The van der Waals surface area contributed by atoms with Gasteiger partial charge in [0.1, 0.15) is 0 Å². The van der Waals surface area contributed by atoms with Crippen LogP contribution >= 0.6 is 0 Å². The van der Waals surface area contributed by atoms with Gasteiger partial charge in [0.2, 0.25) is 0 Å². The largest absolute Gasteiger partial charge is 0.345 e. The summed E-state index contributed by atoms with van der Waals surface area (Å²) in [6.45, 7) is 4.59. The third-order valence-corrected chi connectivity index (χ3v) is 3.31. The van der Waals surface area contributed by atoms with Crippen LogP contribution in [0.3, 0.4) is 0 Å². The lowest BCUT2D eigenvalue weighted by atomic mass is 10.0. The molecule has 1 heterocycles. The zero-order chi connectivity index (χ0) is 15.1. The molecule has 0 unspecified atom stereocenters. The standard InChI is InChI=1S/C18H18N2O/c1-14-6-5-7-16(15(14)2)9-10-18(21)20-13-11-17-8-3-4-12-19-17/h3-8,12H,11,13H2,1-2H3,(H,20,21). The van der Waals surface area contributed by atoms with Crippen LogP contribution in [0.15, 0.2) is 42.6 Å². The van der Waals surface area contributed by atoms with Gasteiger partial charge in [0, 0.05) is 36.3 Å². The smallest absolute Gasteiger partial charge is 0.296 e. The molecule has 0 saturated carbocycles. The van der Waals surface area contributed by atoms with E-state index >= 15 is 0 Å². The number of nitrogens with one attached hydrogen (secondary N) is 1. The number of carbonyl (C=O) groups excluding carboxylic acids is 1. The van der Waals surface area contributed by atoms with Gasteiger partial charge in [-0.1, -0.05) is 24.1 Å². The molecule has 2 aromatic rings. The minimum absolute atomic E-state index is 0.258. The Morgan fingerprint density at radius 2 is 2.05 bits per heavy atom. The van der Waals surface area contributed by atoms with Gasteiger partial charge in [-0.25, -0.2) is 0 Å². The van der Waals surface area contributed by atoms with E-state index in [4.69, 9.17) is 0 Å². The van der Waals surface area contributed by atoms with E-state index in [-0.39, 0.29) is 5.91 Å². The van der Waals surface area contributed by atoms with Crippen LogP contribution in [0.1, 0.15) is 22.4 Å². The van der Waals surface area contributed by atoms with Crippen LogP contribution in [-0.4, -0.2) is 17.4 Å². The summed E-state index contributed by atoms with van der Waals surface area (Å²) in [6, 6.07) is 11.7. The second kappa shape index (κ2) is 7.25. The summed E-state index contributed by atoms with van der Waals surface area (Å²) >= 11 is 0. The molecule has 3 nitrogen and oxygen atoms in total. The Balaban J connectivity index is 1.88. The van der Waals surface area contributed by atoms with E-state index < -0.39 is 0 Å². The Morgan fingerprint density at radius 3 is 2.81 bits per heavy atom. The molecule has 0 fully saturated rings. The maximum Gasteiger partial charge on any atom is 0.296 e. The lowest BCUT2D eigenvalue weighted by Crippen LogP contribution is -2.24. The first-order valence-electron chi connectivity index (χ1n) is 6.93. The average Bonchev–Trinajstić information content (AvgIpc) is 2.50. The van der Waals surface area contributed by atoms with Crippen molar-refractivity contribution in [1.82, 2.24) is 10.3 Å². The molecule has 0 bridgehead atoms. The third kappa shape index (κ3) is 4.47. The molecule has 0 aliphatic rings. The lowest BCUT2D eigenvalue weighted by Gasteiger charge is -2.02. The summed E-state index contributed by atoms with van der Waals surface area (Å²) in [6.07, 6.45) is 2.45. The molecule has 0 spiro atoms. The molecule has 106 valence electrons. The summed E-state index contributed by atoms with van der Waals surface area (Å²) in [5.41, 5.74) is 4.15. The average molecular weight is 278 g/mol. The maximum atomic E-state index is 11.7. The quantitative estimate of drug-likeness (QED) is 0.876. The van der Waals surface area contributed by atoms with E-state index in [2.05, 4.69) is 22.1 Å². The number of hydrogen-bond donors (Lipinski definition) is 1. The van der Waals surface area contributed by atoms with E-state index in [0.29, 0.717) is 13.0 Å². The van der Waals surface area contributed by atoms with Crippen LogP contribution < -0.4 is 5.32 Å². The van der Waals surface area contributed by atoms with Gasteiger partial charge in [-0.3, -0.25) is 9.78 Å². The van der Waals surface area contributed by atoms with Gasteiger partial charge in [-0.2, -0.15) is 0 Å². The molecule has 1 aromatic carbocycles. The summed E-state index contributed by atoms with van der Waals surface area (Å²) in [7, 11) is 0. The molecule has 3 heteroatoms. The number of aromatic nitrogens is 1. The van der Waals surface area contributed by atoms with Crippen molar-refractivity contribution in [3.8, 4) is 11.8 Å². The second-order valence-electron chi connectivity index (χ2n) is 4.82. The van der Waals surface area contributed by atoms with Gasteiger partial charge in [0.15, 0.2) is 0 Å². The minimum atomic E-state index is -0.258. The van der Waals surface area contributed by atoms with E-state index in [1.165, 1.54) is 5.56 Å². The Labute approximate surface area is 125 Å². The molecule has 0 atom stereocenters. The highest BCUT2D eigenvalue weighted by Gasteiger charge is 1.99. The molecule has 21 heavy (non-hydrogen) atoms. The summed E-state index contributed by atoms with van der Waals surface area (Å²) in [5, 5.41) is 2.78. The minimum Gasteiger partial charge on any atom is -0.345 e. The summed E-state index contributed by atoms with van der Waals surface area (Å²) in [4.78, 5) is 15.9. The van der Waals surface area contributed by atoms with Crippen molar-refractivity contribution in [3.63, 3.8) is 0 Å². The Hall–Kier alpha value is -2.60.